The van der Waals surface area contributed by atoms with Crippen LogP contribution in [0.3, 0.4) is 0 Å². The van der Waals surface area contributed by atoms with E-state index < -0.39 is 17.5 Å². The molecule has 0 unspecified atom stereocenters. The Balaban J connectivity index is 3.67. The number of phenols is 1. The highest BCUT2D eigenvalue weighted by Gasteiger charge is 2.27. The number of phenolic OH excluding ortho intramolecular Hbond substituents is 1. The number of ketones is 1. The predicted octanol–water partition coefficient (Wildman–Crippen LogP) is 2.05. The molecule has 0 aliphatic carbocycles. The Morgan fingerprint density at radius 1 is 1.24 bits per heavy atom. The molecule has 0 fully saturated rings. The van der Waals surface area contributed by atoms with E-state index >= 15 is 0 Å². The Morgan fingerprint density at radius 2 is 1.76 bits per heavy atom. The quantitative estimate of drug-likeness (QED) is 0.659. The van der Waals surface area contributed by atoms with Crippen LogP contribution in [0.4, 0.5) is 0 Å². The van der Waals surface area contributed by atoms with Crippen molar-refractivity contribution in [2.45, 2.75) is 13.8 Å². The van der Waals surface area contributed by atoms with E-state index in [1.54, 1.807) is 13.8 Å². The number of hydrogen-bond donors (Lipinski definition) is 2. The lowest BCUT2D eigenvalue weighted by Gasteiger charge is -2.15. The van der Waals surface area contributed by atoms with E-state index in [2.05, 4.69) is 15.9 Å². The number of benzene rings is 1. The monoisotopic (exact) mass is 302 g/mol. The molecule has 2 N–H and O–H groups in total. The Bertz CT molecular complexity index is 507. The van der Waals surface area contributed by atoms with Gasteiger partial charge in [-0.15, -0.1) is 0 Å². The number of carbonyl (C=O) groups is 2. The Labute approximate surface area is 106 Å². The van der Waals surface area contributed by atoms with Crippen LogP contribution in [0, 0.1) is 13.8 Å². The lowest BCUT2D eigenvalue weighted by atomic mass is 9.99. The third-order valence-electron chi connectivity index (χ3n) is 2.45. The van der Waals surface area contributed by atoms with Gasteiger partial charge in [-0.05, 0) is 19.4 Å². The second-order valence-corrected chi connectivity index (χ2v) is 4.25. The van der Waals surface area contributed by atoms with Gasteiger partial charge in [-0.25, -0.2) is 4.79 Å². The average molecular weight is 303 g/mol. The fourth-order valence-corrected chi connectivity index (χ4v) is 1.97. The lowest BCUT2D eigenvalue weighted by molar-refractivity contribution is -0.131. The maximum atomic E-state index is 11.5. The van der Waals surface area contributed by atoms with Crippen molar-refractivity contribution in [3.05, 3.63) is 21.2 Å². The van der Waals surface area contributed by atoms with E-state index in [1.165, 1.54) is 7.11 Å². The summed E-state index contributed by atoms with van der Waals surface area (Å²) in [6, 6.07) is 0. The van der Waals surface area contributed by atoms with E-state index in [1.807, 2.05) is 0 Å². The summed E-state index contributed by atoms with van der Waals surface area (Å²) in [6.45, 7) is 3.23. The summed E-state index contributed by atoms with van der Waals surface area (Å²) >= 11 is 3.24. The molecule has 0 heterocycles. The van der Waals surface area contributed by atoms with Gasteiger partial charge in [0.1, 0.15) is 0 Å². The molecule has 0 radical (unpaired) electrons. The van der Waals surface area contributed by atoms with Crippen molar-refractivity contribution in [3.8, 4) is 11.5 Å². The summed E-state index contributed by atoms with van der Waals surface area (Å²) < 4.78 is 5.50. The van der Waals surface area contributed by atoms with Gasteiger partial charge in [-0.1, -0.05) is 15.9 Å². The maximum Gasteiger partial charge on any atom is 0.377 e. The molecular formula is C11H11BrO5. The number of rotatable bonds is 3. The molecule has 0 saturated carbocycles. The normalized spacial score (nSPS) is 10.1. The average Bonchev–Trinajstić information content (AvgIpc) is 2.27. The number of methoxy groups -OCH3 is 1. The van der Waals surface area contributed by atoms with Crippen LogP contribution in [-0.2, 0) is 4.79 Å². The second kappa shape index (κ2) is 4.75. The Kier molecular flexibility index (Phi) is 3.77. The lowest BCUT2D eigenvalue weighted by Crippen LogP contribution is -2.15. The van der Waals surface area contributed by atoms with Gasteiger partial charge in [0.2, 0.25) is 0 Å². The zero-order chi connectivity index (χ0) is 13.3. The van der Waals surface area contributed by atoms with Crippen molar-refractivity contribution in [1.29, 1.82) is 0 Å². The van der Waals surface area contributed by atoms with Gasteiger partial charge in [-0.3, -0.25) is 4.79 Å². The highest BCUT2D eigenvalue weighted by Crippen LogP contribution is 2.41. The van der Waals surface area contributed by atoms with Crippen molar-refractivity contribution >= 4 is 27.7 Å². The van der Waals surface area contributed by atoms with Crippen LogP contribution in [0.25, 0.3) is 0 Å². The number of carboxylic acid groups (broad SMARTS) is 1. The number of ether oxygens (including phenoxy) is 1. The Morgan fingerprint density at radius 3 is 2.18 bits per heavy atom. The van der Waals surface area contributed by atoms with Gasteiger partial charge < -0.3 is 14.9 Å². The van der Waals surface area contributed by atoms with Gasteiger partial charge >= 0.3 is 5.97 Å². The van der Waals surface area contributed by atoms with Crippen LogP contribution in [0.15, 0.2) is 4.47 Å². The number of halogens is 1. The van der Waals surface area contributed by atoms with Gasteiger partial charge in [0.15, 0.2) is 11.5 Å². The van der Waals surface area contributed by atoms with Crippen LogP contribution in [0.1, 0.15) is 21.5 Å². The van der Waals surface area contributed by atoms with E-state index in [0.717, 1.165) is 0 Å². The van der Waals surface area contributed by atoms with Crippen molar-refractivity contribution in [1.82, 2.24) is 0 Å². The molecule has 0 spiro atoms. The predicted molar refractivity (Wildman–Crippen MR) is 63.8 cm³/mol. The van der Waals surface area contributed by atoms with Crippen LogP contribution >= 0.6 is 15.9 Å². The fourth-order valence-electron chi connectivity index (χ4n) is 1.59. The summed E-state index contributed by atoms with van der Waals surface area (Å²) in [6.07, 6.45) is 0. The molecule has 17 heavy (non-hydrogen) atoms. The SMILES string of the molecule is COc1c(C)c(Br)c(C)c(C(=O)C(=O)O)c1O. The molecule has 1 aromatic rings. The van der Waals surface area contributed by atoms with Crippen LogP contribution in [-0.4, -0.2) is 29.1 Å². The molecular weight excluding hydrogens is 292 g/mol. The molecule has 6 heteroatoms. The first kappa shape index (κ1) is 13.5. The van der Waals surface area contributed by atoms with E-state index in [0.29, 0.717) is 15.6 Å². The summed E-state index contributed by atoms with van der Waals surface area (Å²) in [4.78, 5) is 22.2. The standard InChI is InChI=1S/C11H11BrO5/c1-4-6(9(14)11(15)16)8(13)10(17-3)5(2)7(4)12/h13H,1-3H3,(H,15,16). The minimum absolute atomic E-state index is 0.0899. The molecule has 0 amide bonds. The molecule has 0 aromatic heterocycles. The first-order valence-electron chi connectivity index (χ1n) is 4.66. The van der Waals surface area contributed by atoms with E-state index in [-0.39, 0.29) is 11.3 Å². The second-order valence-electron chi connectivity index (χ2n) is 3.46. The summed E-state index contributed by atoms with van der Waals surface area (Å²) in [5.41, 5.74) is 0.712. The highest BCUT2D eigenvalue weighted by atomic mass is 79.9. The van der Waals surface area contributed by atoms with Crippen LogP contribution in [0.5, 0.6) is 11.5 Å². The third kappa shape index (κ3) is 2.12. The molecule has 0 saturated heterocycles. The Hall–Kier alpha value is -1.56. The van der Waals surface area contributed by atoms with Gasteiger partial charge in [0.25, 0.3) is 5.78 Å². The topological polar surface area (TPSA) is 83.8 Å². The van der Waals surface area contributed by atoms with Crippen LogP contribution in [0.2, 0.25) is 0 Å². The molecule has 0 aliphatic rings. The van der Waals surface area contributed by atoms with Gasteiger partial charge in [-0.2, -0.15) is 0 Å². The largest absolute Gasteiger partial charge is 0.504 e. The molecule has 0 bridgehead atoms. The molecule has 5 nitrogen and oxygen atoms in total. The number of carbonyl (C=O) groups excluding carboxylic acids is 1. The van der Waals surface area contributed by atoms with E-state index in [9.17, 15) is 14.7 Å². The molecule has 0 atom stereocenters. The third-order valence-corrected chi connectivity index (χ3v) is 3.64. The zero-order valence-electron chi connectivity index (χ0n) is 9.50. The molecule has 0 aliphatic heterocycles. The van der Waals surface area contributed by atoms with Gasteiger partial charge in [0, 0.05) is 10.0 Å². The van der Waals surface area contributed by atoms with Crippen LogP contribution < -0.4 is 4.74 Å². The first-order valence-corrected chi connectivity index (χ1v) is 5.45. The van der Waals surface area contributed by atoms with Gasteiger partial charge in [0.05, 0.1) is 12.7 Å². The zero-order valence-corrected chi connectivity index (χ0v) is 11.1. The fraction of sp³-hybridized carbons (Fsp3) is 0.273. The first-order chi connectivity index (χ1) is 7.82. The maximum absolute atomic E-state index is 11.5. The van der Waals surface area contributed by atoms with Crippen molar-refractivity contribution in [3.63, 3.8) is 0 Å². The smallest absolute Gasteiger partial charge is 0.377 e. The number of carboxylic acids is 1. The molecule has 1 rings (SSSR count). The van der Waals surface area contributed by atoms with Crippen molar-refractivity contribution < 1.29 is 24.5 Å². The minimum atomic E-state index is -1.62. The molecule has 92 valence electrons. The molecule has 1 aromatic carbocycles. The minimum Gasteiger partial charge on any atom is -0.504 e. The summed E-state index contributed by atoms with van der Waals surface area (Å²) in [5, 5.41) is 18.6. The highest BCUT2D eigenvalue weighted by molar-refractivity contribution is 9.10. The number of hydrogen-bond acceptors (Lipinski definition) is 4. The van der Waals surface area contributed by atoms with Crippen molar-refractivity contribution in [2.24, 2.45) is 0 Å². The number of aromatic hydroxyl groups is 1. The summed E-state index contributed by atoms with van der Waals surface area (Å²) in [5.74, 6) is -3.15. The number of aliphatic carboxylic acids is 1. The van der Waals surface area contributed by atoms with E-state index in [4.69, 9.17) is 9.84 Å². The number of Topliss-reactive ketones (excluding diaryl/α,β-unsaturated/α-hetero) is 1. The summed E-state index contributed by atoms with van der Waals surface area (Å²) in [7, 11) is 1.33. The van der Waals surface area contributed by atoms with Crippen molar-refractivity contribution in [2.75, 3.05) is 7.11 Å².